The Hall–Kier alpha value is -2.34. The number of nitrogens with zero attached hydrogens (tertiary/aromatic N) is 2. The molecule has 0 aliphatic carbocycles. The molecule has 0 spiro atoms. The van der Waals surface area contributed by atoms with Crippen LogP contribution in [0, 0.1) is 5.82 Å². The summed E-state index contributed by atoms with van der Waals surface area (Å²) in [7, 11) is 0. The van der Waals surface area contributed by atoms with Gasteiger partial charge in [0.1, 0.15) is 12.1 Å². The number of hydrogen-bond donors (Lipinski definition) is 2. The third-order valence-corrected chi connectivity index (χ3v) is 3.77. The maximum absolute atomic E-state index is 12.8. The molecule has 0 atom stereocenters. The third kappa shape index (κ3) is 3.82. The van der Waals surface area contributed by atoms with Crippen molar-refractivity contribution < 1.29 is 4.39 Å². The minimum Gasteiger partial charge on any atom is -0.381 e. The van der Waals surface area contributed by atoms with E-state index < -0.39 is 0 Å². The van der Waals surface area contributed by atoms with Gasteiger partial charge in [-0.3, -0.25) is 5.10 Å². The van der Waals surface area contributed by atoms with Gasteiger partial charge in [-0.1, -0.05) is 23.9 Å². The summed E-state index contributed by atoms with van der Waals surface area (Å²) >= 11 is 1.52. The number of aromatic nitrogens is 3. The summed E-state index contributed by atoms with van der Waals surface area (Å²) in [5.41, 5.74) is 2.05. The molecule has 0 fully saturated rings. The molecule has 0 saturated carbocycles. The predicted molar refractivity (Wildman–Crippen MR) is 80.7 cm³/mol. The third-order valence-electron chi connectivity index (χ3n) is 2.87. The highest BCUT2D eigenvalue weighted by atomic mass is 32.2. The van der Waals surface area contributed by atoms with E-state index in [1.165, 1.54) is 30.2 Å². The molecule has 4 nitrogen and oxygen atoms in total. The minimum absolute atomic E-state index is 0.215. The van der Waals surface area contributed by atoms with Crippen molar-refractivity contribution in [3.8, 4) is 0 Å². The molecule has 0 unspecified atom stereocenters. The molecule has 2 aromatic carbocycles. The number of nitrogens with one attached hydrogen (secondary N) is 2. The predicted octanol–water partition coefficient (Wildman–Crippen LogP) is 3.71. The maximum Gasteiger partial charge on any atom is 0.188 e. The van der Waals surface area contributed by atoms with Crippen LogP contribution in [-0.4, -0.2) is 15.2 Å². The van der Waals surface area contributed by atoms with E-state index in [9.17, 15) is 4.39 Å². The summed E-state index contributed by atoms with van der Waals surface area (Å²) in [5.74, 6) is -0.215. The van der Waals surface area contributed by atoms with Gasteiger partial charge >= 0.3 is 0 Å². The van der Waals surface area contributed by atoms with Crippen LogP contribution < -0.4 is 5.32 Å². The first-order chi connectivity index (χ1) is 10.3. The van der Waals surface area contributed by atoms with Crippen molar-refractivity contribution in [3.05, 3.63) is 66.2 Å². The van der Waals surface area contributed by atoms with Crippen LogP contribution in [0.2, 0.25) is 0 Å². The first-order valence-electron chi connectivity index (χ1n) is 6.41. The molecule has 0 bridgehead atoms. The van der Waals surface area contributed by atoms with E-state index in [1.54, 1.807) is 12.1 Å². The molecule has 3 aromatic rings. The van der Waals surface area contributed by atoms with E-state index in [0.29, 0.717) is 6.54 Å². The summed E-state index contributed by atoms with van der Waals surface area (Å²) in [6.07, 6.45) is 1.49. The molecule has 0 aliphatic rings. The molecule has 1 aromatic heterocycles. The van der Waals surface area contributed by atoms with Gasteiger partial charge in [-0.15, -0.1) is 0 Å². The average Bonchev–Trinajstić information content (AvgIpc) is 3.01. The Morgan fingerprint density at radius 1 is 1.05 bits per heavy atom. The number of anilines is 1. The number of halogens is 1. The molecule has 0 aliphatic heterocycles. The van der Waals surface area contributed by atoms with Crippen LogP contribution in [0.3, 0.4) is 0 Å². The van der Waals surface area contributed by atoms with Crippen molar-refractivity contribution in [2.45, 2.75) is 16.6 Å². The van der Waals surface area contributed by atoms with Crippen LogP contribution in [0.25, 0.3) is 0 Å². The summed E-state index contributed by atoms with van der Waals surface area (Å²) in [4.78, 5) is 5.15. The van der Waals surface area contributed by atoms with E-state index >= 15 is 0 Å². The number of H-pyrrole nitrogens is 1. The lowest BCUT2D eigenvalue weighted by Gasteiger charge is -2.07. The number of rotatable bonds is 5. The maximum atomic E-state index is 12.8. The van der Waals surface area contributed by atoms with Gasteiger partial charge in [-0.2, -0.15) is 5.10 Å². The summed E-state index contributed by atoms with van der Waals surface area (Å²) in [6.45, 7) is 0.662. The topological polar surface area (TPSA) is 53.6 Å². The lowest BCUT2D eigenvalue weighted by Crippen LogP contribution is -1.99. The van der Waals surface area contributed by atoms with Crippen LogP contribution in [0.15, 0.2) is 64.9 Å². The molecular weight excluding hydrogens is 287 g/mol. The molecule has 21 heavy (non-hydrogen) atoms. The van der Waals surface area contributed by atoms with Crippen LogP contribution in [-0.2, 0) is 6.54 Å². The highest BCUT2D eigenvalue weighted by molar-refractivity contribution is 7.99. The Morgan fingerprint density at radius 3 is 2.48 bits per heavy atom. The number of benzene rings is 2. The SMILES string of the molecule is Fc1ccc(CNc2ccc(Sc3ncn[nH]3)cc2)cc1. The van der Waals surface area contributed by atoms with Crippen molar-refractivity contribution >= 4 is 17.4 Å². The van der Waals surface area contributed by atoms with Crippen molar-refractivity contribution in [1.29, 1.82) is 0 Å². The highest BCUT2D eigenvalue weighted by Crippen LogP contribution is 2.25. The van der Waals surface area contributed by atoms with Gasteiger partial charge in [0.15, 0.2) is 5.16 Å². The zero-order valence-electron chi connectivity index (χ0n) is 11.1. The van der Waals surface area contributed by atoms with E-state index in [4.69, 9.17) is 0 Å². The normalized spacial score (nSPS) is 10.5. The summed E-state index contributed by atoms with van der Waals surface area (Å²) in [6, 6.07) is 14.5. The van der Waals surface area contributed by atoms with Gasteiger partial charge in [0.2, 0.25) is 0 Å². The average molecular weight is 300 g/mol. The van der Waals surface area contributed by atoms with Crippen LogP contribution >= 0.6 is 11.8 Å². The fraction of sp³-hybridized carbons (Fsp3) is 0.0667. The van der Waals surface area contributed by atoms with Crippen molar-refractivity contribution in [1.82, 2.24) is 15.2 Å². The van der Waals surface area contributed by atoms with Gasteiger partial charge in [0.05, 0.1) is 0 Å². The van der Waals surface area contributed by atoms with Crippen molar-refractivity contribution in [3.63, 3.8) is 0 Å². The minimum atomic E-state index is -0.215. The van der Waals surface area contributed by atoms with E-state index in [0.717, 1.165) is 21.3 Å². The van der Waals surface area contributed by atoms with Crippen LogP contribution in [0.1, 0.15) is 5.56 Å². The second kappa shape index (κ2) is 6.41. The van der Waals surface area contributed by atoms with Gasteiger partial charge in [0, 0.05) is 17.1 Å². The van der Waals surface area contributed by atoms with Crippen molar-refractivity contribution in [2.24, 2.45) is 0 Å². The molecule has 1 heterocycles. The molecular formula is C15H13FN4S. The Morgan fingerprint density at radius 2 is 1.81 bits per heavy atom. The van der Waals surface area contributed by atoms with E-state index in [-0.39, 0.29) is 5.82 Å². The number of aromatic amines is 1. The molecule has 2 N–H and O–H groups in total. The summed E-state index contributed by atoms with van der Waals surface area (Å²) in [5, 5.41) is 10.7. The fourth-order valence-corrected chi connectivity index (χ4v) is 2.50. The second-order valence-electron chi connectivity index (χ2n) is 4.40. The first-order valence-corrected chi connectivity index (χ1v) is 7.23. The van der Waals surface area contributed by atoms with Crippen LogP contribution in [0.5, 0.6) is 0 Å². The zero-order valence-corrected chi connectivity index (χ0v) is 11.9. The highest BCUT2D eigenvalue weighted by Gasteiger charge is 2.00. The quantitative estimate of drug-likeness (QED) is 0.754. The lowest BCUT2D eigenvalue weighted by atomic mass is 10.2. The smallest absolute Gasteiger partial charge is 0.188 e. The molecule has 106 valence electrons. The standard InChI is InChI=1S/C15H13FN4S/c16-12-3-1-11(2-4-12)9-17-13-5-7-14(8-6-13)21-15-18-10-19-20-15/h1-8,10,17H,9H2,(H,18,19,20). The Labute approximate surface area is 125 Å². The largest absolute Gasteiger partial charge is 0.381 e. The van der Waals surface area contributed by atoms with Gasteiger partial charge in [-0.25, -0.2) is 9.37 Å². The monoisotopic (exact) mass is 300 g/mol. The molecule has 0 amide bonds. The lowest BCUT2D eigenvalue weighted by molar-refractivity contribution is 0.627. The van der Waals surface area contributed by atoms with Crippen molar-refractivity contribution in [2.75, 3.05) is 5.32 Å². The summed E-state index contributed by atoms with van der Waals surface area (Å²) < 4.78 is 12.8. The van der Waals surface area contributed by atoms with Crippen LogP contribution in [0.4, 0.5) is 10.1 Å². The first kappa shape index (κ1) is 13.6. The Balaban J connectivity index is 1.58. The zero-order chi connectivity index (χ0) is 14.5. The molecule has 6 heteroatoms. The van der Waals surface area contributed by atoms with Gasteiger partial charge < -0.3 is 5.32 Å². The molecule has 0 radical (unpaired) electrons. The van der Waals surface area contributed by atoms with E-state index in [1.807, 2.05) is 24.3 Å². The Kier molecular flexibility index (Phi) is 4.16. The van der Waals surface area contributed by atoms with E-state index in [2.05, 4.69) is 20.5 Å². The van der Waals surface area contributed by atoms with Gasteiger partial charge in [0.25, 0.3) is 0 Å². The molecule has 0 saturated heterocycles. The Bertz CT molecular complexity index is 681. The second-order valence-corrected chi connectivity index (χ2v) is 5.46. The fourth-order valence-electron chi connectivity index (χ4n) is 1.80. The van der Waals surface area contributed by atoms with Gasteiger partial charge in [-0.05, 0) is 42.0 Å². The number of hydrogen-bond acceptors (Lipinski definition) is 4. The molecule has 3 rings (SSSR count).